The summed E-state index contributed by atoms with van der Waals surface area (Å²) >= 11 is 5.20. The summed E-state index contributed by atoms with van der Waals surface area (Å²) in [6, 6.07) is 7.89. The number of hydrogen-bond acceptors (Lipinski definition) is 3. The minimum absolute atomic E-state index is 0.188. The second kappa shape index (κ2) is 3.90. The van der Waals surface area contributed by atoms with Crippen LogP contribution in [0.1, 0.15) is 12.5 Å². The standard InChI is InChI=1S/C10H9ClO3/c1-7(12)10(14,9(11)13)8-5-3-2-4-6-8/h2-6,14H,1H3. The molecule has 3 nitrogen and oxygen atoms in total. The maximum absolute atomic E-state index is 11.2. The smallest absolute Gasteiger partial charge is 0.265 e. The summed E-state index contributed by atoms with van der Waals surface area (Å²) in [6.45, 7) is 1.12. The molecular formula is C10H9ClO3. The number of ketones is 1. The van der Waals surface area contributed by atoms with Gasteiger partial charge >= 0.3 is 0 Å². The van der Waals surface area contributed by atoms with Gasteiger partial charge in [-0.25, -0.2) is 0 Å². The number of benzene rings is 1. The fourth-order valence-electron chi connectivity index (χ4n) is 1.13. The molecule has 0 aliphatic carbocycles. The summed E-state index contributed by atoms with van der Waals surface area (Å²) in [5.74, 6) is -0.691. The molecule has 0 saturated carbocycles. The topological polar surface area (TPSA) is 54.4 Å². The van der Waals surface area contributed by atoms with Crippen molar-refractivity contribution < 1.29 is 14.7 Å². The third kappa shape index (κ3) is 1.69. The predicted octanol–water partition coefficient (Wildman–Crippen LogP) is 1.23. The van der Waals surface area contributed by atoms with Crippen LogP contribution in [-0.4, -0.2) is 16.1 Å². The molecule has 1 rings (SSSR count). The maximum Gasteiger partial charge on any atom is 0.265 e. The Labute approximate surface area is 86.3 Å². The molecule has 1 unspecified atom stereocenters. The number of hydrogen-bond donors (Lipinski definition) is 1. The quantitative estimate of drug-likeness (QED) is 0.606. The number of aliphatic hydroxyl groups is 1. The summed E-state index contributed by atoms with van der Waals surface area (Å²) in [6.07, 6.45) is 0. The van der Waals surface area contributed by atoms with Crippen molar-refractivity contribution in [1.29, 1.82) is 0 Å². The van der Waals surface area contributed by atoms with Gasteiger partial charge in [0.15, 0.2) is 5.78 Å². The van der Waals surface area contributed by atoms with Crippen LogP contribution >= 0.6 is 11.6 Å². The zero-order valence-electron chi connectivity index (χ0n) is 7.53. The van der Waals surface area contributed by atoms with E-state index in [0.717, 1.165) is 6.92 Å². The Bertz CT molecular complexity index is 345. The molecule has 1 N–H and O–H groups in total. The molecule has 1 atom stereocenters. The lowest BCUT2D eigenvalue weighted by molar-refractivity contribution is -0.145. The van der Waals surface area contributed by atoms with Gasteiger partial charge in [0.25, 0.3) is 5.24 Å². The number of rotatable bonds is 3. The van der Waals surface area contributed by atoms with Crippen molar-refractivity contribution in [2.45, 2.75) is 12.5 Å². The van der Waals surface area contributed by atoms with Crippen LogP contribution in [0.25, 0.3) is 0 Å². The minimum Gasteiger partial charge on any atom is -0.370 e. The van der Waals surface area contributed by atoms with Gasteiger partial charge in [-0.2, -0.15) is 0 Å². The Hall–Kier alpha value is -1.19. The Balaban J connectivity index is 3.27. The van der Waals surface area contributed by atoms with E-state index in [2.05, 4.69) is 0 Å². The van der Waals surface area contributed by atoms with Gasteiger partial charge < -0.3 is 5.11 Å². The van der Waals surface area contributed by atoms with Gasteiger partial charge in [-0.15, -0.1) is 0 Å². The Kier molecular flexibility index (Phi) is 3.03. The molecular weight excluding hydrogens is 204 g/mol. The van der Waals surface area contributed by atoms with Gasteiger partial charge in [0, 0.05) is 0 Å². The highest BCUT2D eigenvalue weighted by atomic mass is 35.5. The monoisotopic (exact) mass is 212 g/mol. The highest BCUT2D eigenvalue weighted by Gasteiger charge is 2.41. The SMILES string of the molecule is CC(=O)C(O)(C(=O)Cl)c1ccccc1. The van der Waals surface area contributed by atoms with Crippen LogP contribution in [0.4, 0.5) is 0 Å². The Morgan fingerprint density at radius 2 is 1.79 bits per heavy atom. The van der Waals surface area contributed by atoms with Crippen molar-refractivity contribution >= 4 is 22.6 Å². The lowest BCUT2D eigenvalue weighted by Crippen LogP contribution is -2.39. The molecule has 0 spiro atoms. The van der Waals surface area contributed by atoms with Crippen LogP contribution in [0.5, 0.6) is 0 Å². The van der Waals surface area contributed by atoms with E-state index in [-0.39, 0.29) is 5.56 Å². The molecule has 1 aromatic carbocycles. The van der Waals surface area contributed by atoms with E-state index in [4.69, 9.17) is 11.6 Å². The zero-order chi connectivity index (χ0) is 10.8. The molecule has 1 aromatic rings. The highest BCUT2D eigenvalue weighted by Crippen LogP contribution is 2.24. The molecule has 14 heavy (non-hydrogen) atoms. The molecule has 4 heteroatoms. The van der Waals surface area contributed by atoms with E-state index < -0.39 is 16.6 Å². The summed E-state index contributed by atoms with van der Waals surface area (Å²) in [4.78, 5) is 22.2. The van der Waals surface area contributed by atoms with Crippen molar-refractivity contribution in [3.8, 4) is 0 Å². The number of carbonyl (C=O) groups excluding carboxylic acids is 2. The van der Waals surface area contributed by atoms with Crippen LogP contribution in [0.3, 0.4) is 0 Å². The van der Waals surface area contributed by atoms with Crippen molar-refractivity contribution in [2.24, 2.45) is 0 Å². The van der Waals surface area contributed by atoms with Crippen LogP contribution in [0.2, 0.25) is 0 Å². The normalized spacial score (nSPS) is 14.5. The zero-order valence-corrected chi connectivity index (χ0v) is 8.28. The van der Waals surface area contributed by atoms with E-state index in [1.54, 1.807) is 18.2 Å². The average molecular weight is 213 g/mol. The molecule has 0 aromatic heterocycles. The number of carbonyl (C=O) groups is 2. The number of Topliss-reactive ketones (excluding diaryl/α,β-unsaturated/α-hetero) is 1. The maximum atomic E-state index is 11.2. The Morgan fingerprint density at radius 3 is 2.14 bits per heavy atom. The van der Waals surface area contributed by atoms with E-state index in [1.807, 2.05) is 0 Å². The lowest BCUT2D eigenvalue weighted by atomic mass is 9.91. The van der Waals surface area contributed by atoms with Crippen molar-refractivity contribution in [2.75, 3.05) is 0 Å². The molecule has 0 amide bonds. The van der Waals surface area contributed by atoms with Gasteiger partial charge in [0.05, 0.1) is 0 Å². The van der Waals surface area contributed by atoms with Gasteiger partial charge in [-0.3, -0.25) is 9.59 Å². The number of halogens is 1. The summed E-state index contributed by atoms with van der Waals surface area (Å²) < 4.78 is 0. The van der Waals surface area contributed by atoms with Gasteiger partial charge in [-0.1, -0.05) is 30.3 Å². The average Bonchev–Trinajstić information content (AvgIpc) is 2.17. The summed E-state index contributed by atoms with van der Waals surface area (Å²) in [5.41, 5.74) is -2.03. The fourth-order valence-corrected chi connectivity index (χ4v) is 1.38. The molecule has 0 saturated heterocycles. The molecule has 0 aliphatic heterocycles. The first kappa shape index (κ1) is 10.9. The van der Waals surface area contributed by atoms with Gasteiger partial charge in [-0.05, 0) is 24.1 Å². The molecule has 0 bridgehead atoms. The predicted molar refractivity (Wildman–Crippen MR) is 51.9 cm³/mol. The highest BCUT2D eigenvalue weighted by molar-refractivity contribution is 6.67. The summed E-state index contributed by atoms with van der Waals surface area (Å²) in [7, 11) is 0. The first-order chi connectivity index (χ1) is 6.49. The third-order valence-electron chi connectivity index (χ3n) is 1.99. The second-order valence-electron chi connectivity index (χ2n) is 2.91. The minimum atomic E-state index is -2.22. The first-order valence-corrected chi connectivity index (χ1v) is 4.36. The van der Waals surface area contributed by atoms with E-state index >= 15 is 0 Å². The fraction of sp³-hybridized carbons (Fsp3) is 0.200. The van der Waals surface area contributed by atoms with Crippen molar-refractivity contribution in [3.63, 3.8) is 0 Å². The van der Waals surface area contributed by atoms with Gasteiger partial charge in [0.2, 0.25) is 5.60 Å². The van der Waals surface area contributed by atoms with E-state index in [0.29, 0.717) is 0 Å². The summed E-state index contributed by atoms with van der Waals surface area (Å²) in [5, 5.41) is 8.72. The van der Waals surface area contributed by atoms with Crippen LogP contribution in [0, 0.1) is 0 Å². The van der Waals surface area contributed by atoms with Crippen LogP contribution in [-0.2, 0) is 15.2 Å². The van der Waals surface area contributed by atoms with Crippen LogP contribution in [0.15, 0.2) is 30.3 Å². The van der Waals surface area contributed by atoms with E-state index in [1.165, 1.54) is 12.1 Å². The lowest BCUT2D eigenvalue weighted by Gasteiger charge is -2.20. The molecule has 0 heterocycles. The second-order valence-corrected chi connectivity index (χ2v) is 3.25. The van der Waals surface area contributed by atoms with Crippen LogP contribution < -0.4 is 0 Å². The molecule has 0 fully saturated rings. The van der Waals surface area contributed by atoms with Crippen molar-refractivity contribution in [3.05, 3.63) is 35.9 Å². The molecule has 0 aliphatic rings. The van der Waals surface area contributed by atoms with E-state index in [9.17, 15) is 14.7 Å². The Morgan fingerprint density at radius 1 is 1.29 bits per heavy atom. The molecule has 74 valence electrons. The first-order valence-electron chi connectivity index (χ1n) is 3.98. The third-order valence-corrected chi connectivity index (χ3v) is 2.26. The van der Waals surface area contributed by atoms with Crippen molar-refractivity contribution in [1.82, 2.24) is 0 Å². The largest absolute Gasteiger partial charge is 0.370 e. The van der Waals surface area contributed by atoms with Gasteiger partial charge in [0.1, 0.15) is 0 Å². The molecule has 0 radical (unpaired) electrons.